The Hall–Kier alpha value is -1.93. The van der Waals surface area contributed by atoms with Crippen molar-refractivity contribution in [1.82, 2.24) is 5.32 Å². The molecule has 0 aliphatic carbocycles. The lowest BCUT2D eigenvalue weighted by molar-refractivity contribution is -0.143. The van der Waals surface area contributed by atoms with Crippen molar-refractivity contribution in [2.45, 2.75) is 18.6 Å². The molecule has 2 atom stereocenters. The molecule has 2 unspecified atom stereocenters. The molecule has 1 rings (SSSR count). The zero-order chi connectivity index (χ0) is 16.0. The molecule has 0 saturated carbocycles. The van der Waals surface area contributed by atoms with E-state index in [1.54, 1.807) is 18.2 Å². The number of aliphatic carboxylic acids is 1. The summed E-state index contributed by atoms with van der Waals surface area (Å²) >= 11 is 0. The van der Waals surface area contributed by atoms with Gasteiger partial charge in [0, 0.05) is 6.26 Å². The van der Waals surface area contributed by atoms with Crippen LogP contribution in [0.2, 0.25) is 0 Å². The molecule has 1 aromatic carbocycles. The Balaban J connectivity index is 2.71. The summed E-state index contributed by atoms with van der Waals surface area (Å²) in [5.41, 5.74) is 0.322. The molecule has 0 bridgehead atoms. The van der Waals surface area contributed by atoms with Crippen LogP contribution in [-0.4, -0.2) is 48.6 Å². The molecular formula is C13H17NO6S. The lowest BCUT2D eigenvalue weighted by Crippen LogP contribution is -2.44. The second kappa shape index (κ2) is 7.19. The van der Waals surface area contributed by atoms with Crippen LogP contribution in [0.1, 0.15) is 18.1 Å². The number of carbonyl (C=O) groups is 2. The van der Waals surface area contributed by atoms with Crippen molar-refractivity contribution in [1.29, 1.82) is 0 Å². The third-order valence-electron chi connectivity index (χ3n) is 2.76. The predicted molar refractivity (Wildman–Crippen MR) is 75.3 cm³/mol. The minimum absolute atomic E-state index is 0.262. The van der Waals surface area contributed by atoms with Gasteiger partial charge in [-0.3, -0.25) is 4.79 Å². The second-order valence-corrected chi connectivity index (χ2v) is 6.89. The predicted octanol–water partition coefficient (Wildman–Crippen LogP) is -0.276. The van der Waals surface area contributed by atoms with E-state index >= 15 is 0 Å². The standard InChI is InChI=1S/C13H17NO6S/c1-21(19,20)8-7-10(13(17)18)14-12(16)11(15)9-5-3-2-4-6-9/h2-6,10-11,15H,7-8H2,1H3,(H,14,16)(H,17,18). The molecule has 1 aromatic rings. The number of aliphatic hydroxyl groups excluding tert-OH is 1. The molecule has 0 heterocycles. The quantitative estimate of drug-likeness (QED) is 0.636. The molecule has 0 saturated heterocycles. The number of aliphatic hydroxyl groups is 1. The van der Waals surface area contributed by atoms with Gasteiger partial charge in [-0.1, -0.05) is 30.3 Å². The van der Waals surface area contributed by atoms with Crippen molar-refractivity contribution in [3.05, 3.63) is 35.9 Å². The third kappa shape index (κ3) is 5.92. The van der Waals surface area contributed by atoms with Crippen LogP contribution in [0.3, 0.4) is 0 Å². The molecule has 0 spiro atoms. The topological polar surface area (TPSA) is 121 Å². The van der Waals surface area contributed by atoms with Crippen LogP contribution < -0.4 is 5.32 Å². The first-order valence-electron chi connectivity index (χ1n) is 6.14. The maximum Gasteiger partial charge on any atom is 0.326 e. The highest BCUT2D eigenvalue weighted by Gasteiger charge is 2.25. The maximum atomic E-state index is 11.8. The summed E-state index contributed by atoms with van der Waals surface area (Å²) < 4.78 is 22.1. The fourth-order valence-electron chi connectivity index (χ4n) is 1.63. The summed E-state index contributed by atoms with van der Waals surface area (Å²) in [5, 5.41) is 20.9. The lowest BCUT2D eigenvalue weighted by Gasteiger charge is -2.17. The first-order valence-corrected chi connectivity index (χ1v) is 8.20. The van der Waals surface area contributed by atoms with E-state index in [1.165, 1.54) is 12.1 Å². The average molecular weight is 315 g/mol. The highest BCUT2D eigenvalue weighted by atomic mass is 32.2. The molecule has 7 nitrogen and oxygen atoms in total. The molecule has 0 aliphatic rings. The number of carboxylic acid groups (broad SMARTS) is 1. The zero-order valence-corrected chi connectivity index (χ0v) is 12.2. The minimum atomic E-state index is -3.34. The Labute approximate surface area is 122 Å². The van der Waals surface area contributed by atoms with Crippen LogP contribution >= 0.6 is 0 Å². The molecule has 0 radical (unpaired) electrons. The Morgan fingerprint density at radius 3 is 2.29 bits per heavy atom. The van der Waals surface area contributed by atoms with Crippen molar-refractivity contribution in [3.8, 4) is 0 Å². The van der Waals surface area contributed by atoms with Gasteiger partial charge in [0.2, 0.25) is 0 Å². The monoisotopic (exact) mass is 315 g/mol. The summed E-state index contributed by atoms with van der Waals surface area (Å²) in [4.78, 5) is 22.8. The number of amides is 1. The molecule has 0 aromatic heterocycles. The van der Waals surface area contributed by atoms with Crippen molar-refractivity contribution in [3.63, 3.8) is 0 Å². The summed E-state index contributed by atoms with van der Waals surface area (Å²) in [6.07, 6.45) is -0.792. The molecule has 8 heteroatoms. The van der Waals surface area contributed by atoms with Gasteiger partial charge in [0.15, 0.2) is 6.10 Å². The van der Waals surface area contributed by atoms with E-state index in [0.29, 0.717) is 5.56 Å². The third-order valence-corrected chi connectivity index (χ3v) is 3.73. The minimum Gasteiger partial charge on any atom is -0.480 e. The van der Waals surface area contributed by atoms with Crippen LogP contribution in [0.4, 0.5) is 0 Å². The van der Waals surface area contributed by atoms with Crippen LogP contribution in [0, 0.1) is 0 Å². The molecule has 0 fully saturated rings. The van der Waals surface area contributed by atoms with Gasteiger partial charge in [0.05, 0.1) is 5.75 Å². The first-order chi connectivity index (χ1) is 9.70. The number of hydrogen-bond acceptors (Lipinski definition) is 5. The number of benzene rings is 1. The second-order valence-electron chi connectivity index (χ2n) is 4.63. The summed E-state index contributed by atoms with van der Waals surface area (Å²) in [6, 6.07) is 6.65. The van der Waals surface area contributed by atoms with Gasteiger partial charge in [-0.2, -0.15) is 0 Å². The summed E-state index contributed by atoms with van der Waals surface area (Å²) in [5.74, 6) is -2.61. The van der Waals surface area contributed by atoms with Gasteiger partial charge in [0.25, 0.3) is 5.91 Å². The Morgan fingerprint density at radius 1 is 1.24 bits per heavy atom. The Bertz CT molecular complexity index is 598. The number of carboxylic acids is 1. The first kappa shape index (κ1) is 17.1. The fraction of sp³-hybridized carbons (Fsp3) is 0.385. The fourth-order valence-corrected chi connectivity index (χ4v) is 2.29. The number of carbonyl (C=O) groups excluding carboxylic acids is 1. The zero-order valence-electron chi connectivity index (χ0n) is 11.4. The summed E-state index contributed by atoms with van der Waals surface area (Å²) in [6.45, 7) is 0. The number of hydrogen-bond donors (Lipinski definition) is 3. The van der Waals surface area contributed by atoms with Gasteiger partial charge in [-0.15, -0.1) is 0 Å². The molecular weight excluding hydrogens is 298 g/mol. The van der Waals surface area contributed by atoms with Crippen LogP contribution in [0.15, 0.2) is 30.3 Å². The van der Waals surface area contributed by atoms with E-state index in [0.717, 1.165) is 6.26 Å². The van der Waals surface area contributed by atoms with E-state index in [2.05, 4.69) is 5.32 Å². The van der Waals surface area contributed by atoms with Gasteiger partial charge >= 0.3 is 5.97 Å². The van der Waals surface area contributed by atoms with Crippen LogP contribution in [0.25, 0.3) is 0 Å². The lowest BCUT2D eigenvalue weighted by atomic mass is 10.1. The van der Waals surface area contributed by atoms with Crippen LogP contribution in [-0.2, 0) is 19.4 Å². The van der Waals surface area contributed by atoms with Crippen LogP contribution in [0.5, 0.6) is 0 Å². The molecule has 3 N–H and O–H groups in total. The van der Waals surface area contributed by atoms with Crippen molar-refractivity contribution in [2.75, 3.05) is 12.0 Å². The van der Waals surface area contributed by atoms with Gasteiger partial charge in [-0.05, 0) is 12.0 Å². The number of rotatable bonds is 7. The number of nitrogens with one attached hydrogen (secondary N) is 1. The van der Waals surface area contributed by atoms with Gasteiger partial charge in [0.1, 0.15) is 15.9 Å². The highest BCUT2D eigenvalue weighted by molar-refractivity contribution is 7.90. The largest absolute Gasteiger partial charge is 0.480 e. The molecule has 1 amide bonds. The van der Waals surface area contributed by atoms with Crippen molar-refractivity contribution in [2.24, 2.45) is 0 Å². The molecule has 21 heavy (non-hydrogen) atoms. The van der Waals surface area contributed by atoms with E-state index in [-0.39, 0.29) is 12.2 Å². The summed E-state index contributed by atoms with van der Waals surface area (Å²) in [7, 11) is -3.34. The Kier molecular flexibility index (Phi) is 5.86. The van der Waals surface area contributed by atoms with E-state index in [9.17, 15) is 23.1 Å². The normalized spacial score (nSPS) is 14.2. The van der Waals surface area contributed by atoms with Crippen molar-refractivity contribution >= 4 is 21.7 Å². The maximum absolute atomic E-state index is 11.8. The van der Waals surface area contributed by atoms with Gasteiger partial charge < -0.3 is 15.5 Å². The molecule has 116 valence electrons. The van der Waals surface area contributed by atoms with Gasteiger partial charge in [-0.25, -0.2) is 13.2 Å². The number of sulfone groups is 1. The van der Waals surface area contributed by atoms with E-state index in [4.69, 9.17) is 5.11 Å². The Morgan fingerprint density at radius 2 is 1.81 bits per heavy atom. The van der Waals surface area contributed by atoms with E-state index < -0.39 is 33.9 Å². The molecule has 0 aliphatic heterocycles. The SMILES string of the molecule is CS(=O)(=O)CCC(NC(=O)C(O)c1ccccc1)C(=O)O. The smallest absolute Gasteiger partial charge is 0.326 e. The van der Waals surface area contributed by atoms with E-state index in [1.807, 2.05) is 0 Å². The average Bonchev–Trinajstić information content (AvgIpc) is 2.42. The van der Waals surface area contributed by atoms with Crippen molar-refractivity contribution < 1.29 is 28.2 Å². The highest BCUT2D eigenvalue weighted by Crippen LogP contribution is 2.12.